The minimum Gasteiger partial charge on any atom is -0.343 e. The summed E-state index contributed by atoms with van der Waals surface area (Å²) in [7, 11) is 2.05. The van der Waals surface area contributed by atoms with E-state index in [4.69, 9.17) is 0 Å². The van der Waals surface area contributed by atoms with Gasteiger partial charge in [-0.3, -0.25) is 9.59 Å². The molecule has 1 saturated heterocycles. The Morgan fingerprint density at radius 2 is 1.88 bits per heavy atom. The topological polar surface area (TPSA) is 42.3 Å². The summed E-state index contributed by atoms with van der Waals surface area (Å²) in [5, 5.41) is 1.15. The molecule has 0 bridgehead atoms. The van der Waals surface area contributed by atoms with Crippen LogP contribution in [0, 0.1) is 5.92 Å². The van der Waals surface area contributed by atoms with E-state index < -0.39 is 0 Å². The van der Waals surface area contributed by atoms with Crippen LogP contribution in [0.25, 0.3) is 0 Å². The maximum atomic E-state index is 13.2. The monoisotopic (exact) mass is 354 g/mol. The van der Waals surface area contributed by atoms with Gasteiger partial charge in [-0.1, -0.05) is 19.1 Å². The van der Waals surface area contributed by atoms with Crippen molar-refractivity contribution in [2.45, 2.75) is 37.1 Å². The number of aryl methyl sites for hydroxylation is 1. The van der Waals surface area contributed by atoms with Crippen LogP contribution in [0.1, 0.15) is 36.1 Å². The fourth-order valence-electron chi connectivity index (χ4n) is 4.21. The van der Waals surface area contributed by atoms with Crippen LogP contribution in [0.3, 0.4) is 0 Å². The molecule has 2 aromatic rings. The highest BCUT2D eigenvalue weighted by molar-refractivity contribution is 7.98. The number of thioether (sulfide) groups is 1. The molecule has 1 fully saturated rings. The summed E-state index contributed by atoms with van der Waals surface area (Å²) in [6, 6.07) is 9.89. The van der Waals surface area contributed by atoms with Crippen LogP contribution in [0.2, 0.25) is 0 Å². The second kappa shape index (κ2) is 6.06. The highest BCUT2D eigenvalue weighted by atomic mass is 32.2. The Morgan fingerprint density at radius 1 is 1.16 bits per heavy atom. The summed E-state index contributed by atoms with van der Waals surface area (Å²) < 4.78 is 2.17. The number of aromatic nitrogens is 1. The van der Waals surface area contributed by atoms with Crippen LogP contribution in [-0.2, 0) is 29.5 Å². The lowest BCUT2D eigenvalue weighted by Gasteiger charge is -2.22. The van der Waals surface area contributed by atoms with Gasteiger partial charge in [0, 0.05) is 12.7 Å². The normalized spacial score (nSPS) is 22.3. The zero-order valence-corrected chi connectivity index (χ0v) is 15.6. The van der Waals surface area contributed by atoms with Gasteiger partial charge in [0.15, 0.2) is 0 Å². The van der Waals surface area contributed by atoms with Crippen LogP contribution in [0.4, 0.5) is 5.69 Å². The number of benzene rings is 1. The summed E-state index contributed by atoms with van der Waals surface area (Å²) in [5.74, 6) is -0.657. The fraction of sp³-hybridized carbons (Fsp3) is 0.400. The first-order valence-electron chi connectivity index (χ1n) is 8.76. The van der Waals surface area contributed by atoms with E-state index in [2.05, 4.69) is 17.6 Å². The quantitative estimate of drug-likeness (QED) is 0.625. The van der Waals surface area contributed by atoms with Crippen molar-refractivity contribution in [3.8, 4) is 0 Å². The summed E-state index contributed by atoms with van der Waals surface area (Å²) in [4.78, 5) is 27.5. The van der Waals surface area contributed by atoms with Crippen molar-refractivity contribution in [1.82, 2.24) is 4.57 Å². The summed E-state index contributed by atoms with van der Waals surface area (Å²) in [5.41, 5.74) is 4.16. The average Bonchev–Trinajstić information content (AvgIpc) is 3.09. The molecule has 4 rings (SSSR count). The van der Waals surface area contributed by atoms with Crippen LogP contribution in [0.15, 0.2) is 35.4 Å². The van der Waals surface area contributed by atoms with Crippen molar-refractivity contribution in [3.05, 3.63) is 47.2 Å². The third-order valence-electron chi connectivity index (χ3n) is 5.61. The van der Waals surface area contributed by atoms with Gasteiger partial charge in [0.25, 0.3) is 0 Å². The maximum Gasteiger partial charge on any atom is 0.242 e. The lowest BCUT2D eigenvalue weighted by Crippen LogP contribution is -2.30. The number of rotatable bonds is 3. The van der Waals surface area contributed by atoms with Crippen LogP contribution < -0.4 is 4.90 Å². The van der Waals surface area contributed by atoms with E-state index in [1.165, 1.54) is 16.2 Å². The minimum absolute atomic E-state index is 0.0422. The van der Waals surface area contributed by atoms with E-state index >= 15 is 0 Å². The molecule has 130 valence electrons. The molecule has 5 heteroatoms. The Morgan fingerprint density at radius 3 is 2.52 bits per heavy atom. The first-order chi connectivity index (χ1) is 12.1. The smallest absolute Gasteiger partial charge is 0.242 e. The van der Waals surface area contributed by atoms with Crippen molar-refractivity contribution < 1.29 is 9.59 Å². The second-order valence-corrected chi connectivity index (χ2v) is 7.63. The molecule has 0 radical (unpaired) electrons. The number of anilines is 1. The number of hydrogen-bond donors (Lipinski definition) is 0. The Bertz CT molecular complexity index is 853. The van der Waals surface area contributed by atoms with Gasteiger partial charge in [-0.2, -0.15) is 0 Å². The highest BCUT2D eigenvalue weighted by Gasteiger charge is 2.51. The molecule has 0 N–H and O–H groups in total. The van der Waals surface area contributed by atoms with Gasteiger partial charge in [-0.05, 0) is 54.8 Å². The van der Waals surface area contributed by atoms with Gasteiger partial charge in [-0.15, -0.1) is 11.8 Å². The molecule has 0 unspecified atom stereocenters. The van der Waals surface area contributed by atoms with Gasteiger partial charge in [0.2, 0.25) is 11.8 Å². The summed E-state index contributed by atoms with van der Waals surface area (Å²) in [6.45, 7) is 2.09. The molecule has 2 heterocycles. The van der Waals surface area contributed by atoms with Crippen molar-refractivity contribution >= 4 is 29.3 Å². The molecule has 0 saturated carbocycles. The van der Waals surface area contributed by atoms with Gasteiger partial charge in [0.05, 0.1) is 22.5 Å². The number of carbonyl (C=O) groups excluding carboxylic acids is 2. The number of carbonyl (C=O) groups is 2. The minimum atomic E-state index is -0.325. The Balaban J connectivity index is 1.75. The van der Waals surface area contributed by atoms with Gasteiger partial charge >= 0.3 is 0 Å². The first kappa shape index (κ1) is 16.5. The molecular formula is C20H22N2O2S. The SMILES string of the molecule is CCc1ccc(N2C(=O)[C@H]3CCc4c(cc(SC)n4C)[C@H]3C2=O)cc1. The number of amides is 2. The lowest BCUT2D eigenvalue weighted by atomic mass is 9.79. The molecule has 2 aliphatic rings. The molecular weight excluding hydrogens is 332 g/mol. The number of fused-ring (bicyclic) bond motifs is 3. The molecule has 4 nitrogen and oxygen atoms in total. The Labute approximate surface area is 152 Å². The number of imide groups is 1. The maximum absolute atomic E-state index is 13.2. The molecule has 1 aromatic carbocycles. The van der Waals surface area contributed by atoms with Gasteiger partial charge in [0.1, 0.15) is 0 Å². The first-order valence-corrected chi connectivity index (χ1v) is 9.98. The van der Waals surface area contributed by atoms with E-state index in [-0.39, 0.29) is 23.7 Å². The van der Waals surface area contributed by atoms with Crippen LogP contribution in [0.5, 0.6) is 0 Å². The molecule has 2 amide bonds. The van der Waals surface area contributed by atoms with E-state index in [9.17, 15) is 9.59 Å². The van der Waals surface area contributed by atoms with Crippen molar-refractivity contribution in [2.75, 3.05) is 11.2 Å². The fourth-order valence-corrected chi connectivity index (χ4v) is 4.84. The van der Waals surface area contributed by atoms with Crippen molar-refractivity contribution in [1.29, 1.82) is 0 Å². The predicted octanol–water partition coefficient (Wildman–Crippen LogP) is 3.53. The summed E-state index contributed by atoms with van der Waals surface area (Å²) >= 11 is 1.68. The zero-order chi connectivity index (χ0) is 17.7. The highest BCUT2D eigenvalue weighted by Crippen LogP contribution is 2.46. The molecule has 1 aliphatic heterocycles. The van der Waals surface area contributed by atoms with Gasteiger partial charge < -0.3 is 4.57 Å². The van der Waals surface area contributed by atoms with Gasteiger partial charge in [-0.25, -0.2) is 4.90 Å². The number of hydrogen-bond acceptors (Lipinski definition) is 3. The largest absolute Gasteiger partial charge is 0.343 e. The van der Waals surface area contributed by atoms with Crippen molar-refractivity contribution in [2.24, 2.45) is 13.0 Å². The number of nitrogens with zero attached hydrogens (tertiary/aromatic N) is 2. The molecule has 1 aromatic heterocycles. The van der Waals surface area contributed by atoms with E-state index in [0.29, 0.717) is 5.69 Å². The van der Waals surface area contributed by atoms with E-state index in [1.807, 2.05) is 37.6 Å². The van der Waals surface area contributed by atoms with Crippen LogP contribution in [-0.4, -0.2) is 22.6 Å². The standard InChI is InChI=1S/C20H22N2O2S/c1-4-12-5-7-13(8-6-12)22-19(23)14-9-10-16-15(18(14)20(22)24)11-17(25-3)21(16)2/h5-8,11,14,18H,4,9-10H2,1-3H3/t14-,18-/m0/s1. The average molecular weight is 354 g/mol. The molecule has 2 atom stereocenters. The van der Waals surface area contributed by atoms with Crippen molar-refractivity contribution in [3.63, 3.8) is 0 Å². The summed E-state index contributed by atoms with van der Waals surface area (Å²) in [6.07, 6.45) is 4.59. The molecule has 0 spiro atoms. The molecule has 25 heavy (non-hydrogen) atoms. The van der Waals surface area contributed by atoms with E-state index in [1.54, 1.807) is 11.8 Å². The molecule has 1 aliphatic carbocycles. The van der Waals surface area contributed by atoms with E-state index in [0.717, 1.165) is 29.9 Å². The third kappa shape index (κ3) is 2.36. The Kier molecular flexibility index (Phi) is 3.99. The second-order valence-electron chi connectivity index (χ2n) is 6.80. The van der Waals surface area contributed by atoms with Crippen LogP contribution >= 0.6 is 11.8 Å². The predicted molar refractivity (Wildman–Crippen MR) is 100 cm³/mol. The Hall–Kier alpha value is -2.01. The third-order valence-corrected chi connectivity index (χ3v) is 6.42. The zero-order valence-electron chi connectivity index (χ0n) is 14.8. The lowest BCUT2D eigenvalue weighted by molar-refractivity contribution is -0.122.